The SMILES string of the molecule is CCCCCCCCCCCOc1cscc1OCCCCCCCCCCC. The molecule has 0 atom stereocenters. The molecule has 0 bridgehead atoms. The fourth-order valence-corrected chi connectivity index (χ4v) is 4.36. The smallest absolute Gasteiger partial charge is 0.171 e. The zero-order valence-corrected chi connectivity index (χ0v) is 20.3. The molecule has 0 saturated carbocycles. The lowest BCUT2D eigenvalue weighted by Crippen LogP contribution is -2.01. The second kappa shape index (κ2) is 20.6. The summed E-state index contributed by atoms with van der Waals surface area (Å²) in [7, 11) is 0. The average Bonchev–Trinajstić information content (AvgIpc) is 3.18. The van der Waals surface area contributed by atoms with Crippen molar-refractivity contribution in [2.24, 2.45) is 0 Å². The van der Waals surface area contributed by atoms with Gasteiger partial charge < -0.3 is 9.47 Å². The molecule has 0 aliphatic carbocycles. The van der Waals surface area contributed by atoms with Gasteiger partial charge in [-0.1, -0.05) is 117 Å². The summed E-state index contributed by atoms with van der Waals surface area (Å²) in [5, 5.41) is 4.17. The number of thiophene rings is 1. The summed E-state index contributed by atoms with van der Waals surface area (Å²) in [6.45, 7) is 6.20. The third-order valence-corrected chi connectivity index (χ3v) is 6.30. The van der Waals surface area contributed by atoms with Crippen LogP contribution in [-0.2, 0) is 0 Å². The van der Waals surface area contributed by atoms with Crippen molar-refractivity contribution in [3.63, 3.8) is 0 Å². The number of unbranched alkanes of at least 4 members (excludes halogenated alkanes) is 16. The van der Waals surface area contributed by atoms with E-state index >= 15 is 0 Å². The van der Waals surface area contributed by atoms with Crippen molar-refractivity contribution in [1.29, 1.82) is 0 Å². The van der Waals surface area contributed by atoms with Crippen LogP contribution in [0.1, 0.15) is 129 Å². The molecular weight excluding hydrogens is 376 g/mol. The lowest BCUT2D eigenvalue weighted by Gasteiger charge is -2.09. The summed E-state index contributed by atoms with van der Waals surface area (Å²) in [6, 6.07) is 0. The molecule has 0 amide bonds. The molecule has 1 aromatic rings. The van der Waals surface area contributed by atoms with Crippen molar-refractivity contribution >= 4 is 11.3 Å². The number of ether oxygens (including phenoxy) is 2. The van der Waals surface area contributed by atoms with Gasteiger partial charge in [-0.05, 0) is 12.8 Å². The van der Waals surface area contributed by atoms with E-state index in [2.05, 4.69) is 24.6 Å². The summed E-state index contributed by atoms with van der Waals surface area (Å²) < 4.78 is 11.9. The Morgan fingerprint density at radius 1 is 0.483 bits per heavy atom. The topological polar surface area (TPSA) is 18.5 Å². The van der Waals surface area contributed by atoms with Gasteiger partial charge in [-0.15, -0.1) is 11.3 Å². The maximum Gasteiger partial charge on any atom is 0.171 e. The van der Waals surface area contributed by atoms with Crippen LogP contribution in [0.25, 0.3) is 0 Å². The van der Waals surface area contributed by atoms with E-state index in [0.29, 0.717) is 0 Å². The Morgan fingerprint density at radius 3 is 1.14 bits per heavy atom. The fraction of sp³-hybridized carbons (Fsp3) is 0.846. The lowest BCUT2D eigenvalue weighted by atomic mass is 10.1. The number of rotatable bonds is 22. The first-order valence-corrected chi connectivity index (χ1v) is 13.6. The highest BCUT2D eigenvalue weighted by Crippen LogP contribution is 2.32. The molecule has 0 radical (unpaired) electrons. The lowest BCUT2D eigenvalue weighted by molar-refractivity contribution is 0.260. The molecule has 1 heterocycles. The van der Waals surface area contributed by atoms with Gasteiger partial charge in [0.2, 0.25) is 0 Å². The predicted octanol–water partition coefficient (Wildman–Crippen LogP) is 9.57. The van der Waals surface area contributed by atoms with Crippen molar-refractivity contribution in [3.8, 4) is 11.5 Å². The van der Waals surface area contributed by atoms with E-state index in [1.54, 1.807) is 11.3 Å². The molecular formula is C26H48O2S. The molecule has 0 unspecified atom stereocenters. The van der Waals surface area contributed by atoms with Gasteiger partial charge >= 0.3 is 0 Å². The maximum absolute atomic E-state index is 5.96. The van der Waals surface area contributed by atoms with Crippen molar-refractivity contribution in [1.82, 2.24) is 0 Å². The Balaban J connectivity index is 1.93. The summed E-state index contributed by atoms with van der Waals surface area (Å²) >= 11 is 1.68. The van der Waals surface area contributed by atoms with Gasteiger partial charge in [-0.3, -0.25) is 0 Å². The van der Waals surface area contributed by atoms with Gasteiger partial charge in [0.25, 0.3) is 0 Å². The number of hydrogen-bond acceptors (Lipinski definition) is 3. The van der Waals surface area contributed by atoms with Gasteiger partial charge in [-0.2, -0.15) is 0 Å². The molecule has 0 aliphatic heterocycles. The normalized spacial score (nSPS) is 11.1. The largest absolute Gasteiger partial charge is 0.489 e. The first-order chi connectivity index (χ1) is 14.4. The van der Waals surface area contributed by atoms with Crippen LogP contribution >= 0.6 is 11.3 Å². The molecule has 0 aliphatic rings. The van der Waals surface area contributed by atoms with Crippen LogP contribution in [0.5, 0.6) is 11.5 Å². The van der Waals surface area contributed by atoms with Crippen molar-refractivity contribution in [2.75, 3.05) is 13.2 Å². The van der Waals surface area contributed by atoms with Crippen molar-refractivity contribution in [2.45, 2.75) is 129 Å². The molecule has 3 heteroatoms. The van der Waals surface area contributed by atoms with E-state index in [4.69, 9.17) is 9.47 Å². The van der Waals surface area contributed by atoms with Crippen LogP contribution in [0.2, 0.25) is 0 Å². The molecule has 1 rings (SSSR count). The standard InChI is InChI=1S/C26H48O2S/c1-3-5-7-9-11-13-15-17-19-21-27-25-23-29-24-26(25)28-22-20-18-16-14-12-10-8-6-4-2/h23-24H,3-22H2,1-2H3. The Bertz CT molecular complexity index is 405. The van der Waals surface area contributed by atoms with Crippen LogP contribution in [0.4, 0.5) is 0 Å². The third kappa shape index (κ3) is 15.8. The highest BCUT2D eigenvalue weighted by atomic mass is 32.1. The minimum atomic E-state index is 0.820. The maximum atomic E-state index is 5.96. The van der Waals surface area contributed by atoms with Crippen LogP contribution in [-0.4, -0.2) is 13.2 Å². The summed E-state index contributed by atoms with van der Waals surface area (Å²) in [4.78, 5) is 0. The summed E-state index contributed by atoms with van der Waals surface area (Å²) in [5.74, 6) is 1.90. The Kier molecular flexibility index (Phi) is 18.7. The molecule has 170 valence electrons. The molecule has 2 nitrogen and oxygen atoms in total. The summed E-state index contributed by atoms with van der Waals surface area (Å²) in [6.07, 6.45) is 24.3. The van der Waals surface area contributed by atoms with Crippen LogP contribution in [0, 0.1) is 0 Å². The average molecular weight is 425 g/mol. The molecule has 0 aromatic carbocycles. The molecule has 1 aromatic heterocycles. The van der Waals surface area contributed by atoms with E-state index in [-0.39, 0.29) is 0 Å². The monoisotopic (exact) mass is 424 g/mol. The van der Waals surface area contributed by atoms with Crippen LogP contribution in [0.3, 0.4) is 0 Å². The van der Waals surface area contributed by atoms with E-state index in [9.17, 15) is 0 Å². The van der Waals surface area contributed by atoms with Crippen molar-refractivity contribution < 1.29 is 9.47 Å². The molecule has 0 fully saturated rings. The van der Waals surface area contributed by atoms with E-state index in [1.807, 2.05) is 0 Å². The quantitative estimate of drug-likeness (QED) is 0.172. The van der Waals surface area contributed by atoms with Gasteiger partial charge in [0.05, 0.1) is 13.2 Å². The molecule has 0 saturated heterocycles. The zero-order chi connectivity index (χ0) is 20.8. The van der Waals surface area contributed by atoms with E-state index in [1.165, 1.54) is 103 Å². The second-order valence-corrected chi connectivity index (χ2v) is 9.20. The highest BCUT2D eigenvalue weighted by Gasteiger charge is 2.06. The first kappa shape index (κ1) is 26.3. The Morgan fingerprint density at radius 2 is 0.793 bits per heavy atom. The van der Waals surface area contributed by atoms with E-state index < -0.39 is 0 Å². The predicted molar refractivity (Wildman–Crippen MR) is 130 cm³/mol. The van der Waals surface area contributed by atoms with Crippen LogP contribution < -0.4 is 9.47 Å². The first-order valence-electron chi connectivity index (χ1n) is 12.7. The summed E-state index contributed by atoms with van der Waals surface area (Å²) in [5.41, 5.74) is 0. The fourth-order valence-electron chi connectivity index (χ4n) is 3.67. The molecule has 0 N–H and O–H groups in total. The Labute approximate surface area is 185 Å². The van der Waals surface area contributed by atoms with Crippen LogP contribution in [0.15, 0.2) is 10.8 Å². The van der Waals surface area contributed by atoms with Gasteiger partial charge in [0.15, 0.2) is 11.5 Å². The second-order valence-electron chi connectivity index (χ2n) is 8.45. The van der Waals surface area contributed by atoms with Gasteiger partial charge in [0.1, 0.15) is 0 Å². The zero-order valence-electron chi connectivity index (χ0n) is 19.5. The molecule has 29 heavy (non-hydrogen) atoms. The molecule has 0 spiro atoms. The van der Waals surface area contributed by atoms with E-state index in [0.717, 1.165) is 37.6 Å². The van der Waals surface area contributed by atoms with Crippen molar-refractivity contribution in [3.05, 3.63) is 10.8 Å². The minimum absolute atomic E-state index is 0.820. The van der Waals surface area contributed by atoms with Gasteiger partial charge in [0, 0.05) is 10.8 Å². The number of hydrogen-bond donors (Lipinski definition) is 0. The highest BCUT2D eigenvalue weighted by molar-refractivity contribution is 7.08. The van der Waals surface area contributed by atoms with Gasteiger partial charge in [-0.25, -0.2) is 0 Å². The minimum Gasteiger partial charge on any atom is -0.489 e. The third-order valence-electron chi connectivity index (χ3n) is 5.60. The Hall–Kier alpha value is -0.700.